The number of hydrogen-bond acceptors (Lipinski definition) is 5. The van der Waals surface area contributed by atoms with E-state index >= 15 is 0 Å². The molecule has 0 aliphatic rings. The summed E-state index contributed by atoms with van der Waals surface area (Å²) in [5, 5.41) is 0. The molecular formula is C12H19FN2O4S. The van der Waals surface area contributed by atoms with Gasteiger partial charge in [0.25, 0.3) is 0 Å². The minimum atomic E-state index is -4.06. The van der Waals surface area contributed by atoms with Crippen molar-refractivity contribution in [3.63, 3.8) is 0 Å². The molecule has 114 valence electrons. The van der Waals surface area contributed by atoms with E-state index in [0.29, 0.717) is 0 Å². The lowest BCUT2D eigenvalue weighted by molar-refractivity contribution is 0.350. The molecule has 8 heteroatoms. The molecule has 6 nitrogen and oxygen atoms in total. The third kappa shape index (κ3) is 3.59. The maximum atomic E-state index is 13.9. The van der Waals surface area contributed by atoms with E-state index in [1.54, 1.807) is 13.8 Å². The van der Waals surface area contributed by atoms with Crippen LogP contribution in [0.2, 0.25) is 0 Å². The van der Waals surface area contributed by atoms with Crippen LogP contribution in [0.25, 0.3) is 0 Å². The van der Waals surface area contributed by atoms with Crippen LogP contribution in [0.15, 0.2) is 17.0 Å². The van der Waals surface area contributed by atoms with E-state index in [9.17, 15) is 12.8 Å². The largest absolute Gasteiger partial charge is 0.493 e. The van der Waals surface area contributed by atoms with Crippen molar-refractivity contribution < 1.29 is 22.3 Å². The van der Waals surface area contributed by atoms with Crippen molar-refractivity contribution in [2.24, 2.45) is 5.73 Å². The second-order valence-corrected chi connectivity index (χ2v) is 6.48. The molecule has 0 aliphatic carbocycles. The van der Waals surface area contributed by atoms with Crippen LogP contribution < -0.4 is 19.9 Å². The van der Waals surface area contributed by atoms with Crippen LogP contribution in [-0.2, 0) is 10.0 Å². The molecule has 1 aromatic carbocycles. The van der Waals surface area contributed by atoms with Crippen LogP contribution in [0, 0.1) is 5.82 Å². The molecule has 0 saturated heterocycles. The number of sulfonamides is 1. The molecule has 0 radical (unpaired) electrons. The average molecular weight is 306 g/mol. The minimum absolute atomic E-state index is 0.0706. The molecule has 0 bridgehead atoms. The fourth-order valence-electron chi connectivity index (χ4n) is 1.50. The first-order valence-electron chi connectivity index (χ1n) is 5.82. The van der Waals surface area contributed by atoms with Gasteiger partial charge in [-0.25, -0.2) is 17.5 Å². The molecule has 20 heavy (non-hydrogen) atoms. The molecule has 1 aromatic rings. The molecule has 0 fully saturated rings. The predicted octanol–water partition coefficient (Wildman–Crippen LogP) is 0.859. The van der Waals surface area contributed by atoms with Gasteiger partial charge in [0, 0.05) is 24.2 Å². The third-order valence-electron chi connectivity index (χ3n) is 2.65. The summed E-state index contributed by atoms with van der Waals surface area (Å²) in [6.45, 7) is 3.27. The number of nitrogens with two attached hydrogens (primary N) is 1. The Balaban J connectivity index is 3.32. The highest BCUT2D eigenvalue weighted by molar-refractivity contribution is 7.89. The summed E-state index contributed by atoms with van der Waals surface area (Å²) in [6.07, 6.45) is 0. The molecule has 0 spiro atoms. The van der Waals surface area contributed by atoms with Crippen LogP contribution in [0.1, 0.15) is 13.8 Å². The number of ether oxygens (including phenoxy) is 2. The summed E-state index contributed by atoms with van der Waals surface area (Å²) in [5.74, 6) is -0.690. The summed E-state index contributed by atoms with van der Waals surface area (Å²) >= 11 is 0. The van der Waals surface area contributed by atoms with Crippen molar-refractivity contribution in [2.75, 3.05) is 20.8 Å². The molecule has 0 unspecified atom stereocenters. The summed E-state index contributed by atoms with van der Waals surface area (Å²) in [7, 11) is -1.39. The van der Waals surface area contributed by atoms with E-state index in [1.165, 1.54) is 14.2 Å². The highest BCUT2D eigenvalue weighted by atomic mass is 32.2. The monoisotopic (exact) mass is 306 g/mol. The van der Waals surface area contributed by atoms with Gasteiger partial charge in [0.2, 0.25) is 10.0 Å². The Labute approximate surface area is 118 Å². The van der Waals surface area contributed by atoms with E-state index in [0.717, 1.165) is 12.1 Å². The van der Waals surface area contributed by atoms with Crippen LogP contribution >= 0.6 is 0 Å². The third-order valence-corrected chi connectivity index (χ3v) is 4.36. The second kappa shape index (κ2) is 5.94. The zero-order valence-corrected chi connectivity index (χ0v) is 12.7. The van der Waals surface area contributed by atoms with Crippen molar-refractivity contribution in [3.05, 3.63) is 17.9 Å². The summed E-state index contributed by atoms with van der Waals surface area (Å²) in [6, 6.07) is 2.03. The number of nitrogens with one attached hydrogen (secondary N) is 1. The molecule has 0 aromatic heterocycles. The van der Waals surface area contributed by atoms with Crippen molar-refractivity contribution in [2.45, 2.75) is 24.3 Å². The van der Waals surface area contributed by atoms with Gasteiger partial charge in [-0.05, 0) is 13.8 Å². The topological polar surface area (TPSA) is 90.7 Å². The van der Waals surface area contributed by atoms with E-state index in [-0.39, 0.29) is 18.0 Å². The number of methoxy groups -OCH3 is 2. The van der Waals surface area contributed by atoms with Gasteiger partial charge in [0.15, 0.2) is 11.5 Å². The van der Waals surface area contributed by atoms with Gasteiger partial charge >= 0.3 is 0 Å². The standard InChI is InChI=1S/C12H19FN2O4S/c1-12(2,7-14)15-20(16,17)11-6-10(19-4)9(18-3)5-8(11)13/h5-6,15H,7,14H2,1-4H3. The smallest absolute Gasteiger partial charge is 0.244 e. The van der Waals surface area contributed by atoms with Crippen LogP contribution in [0.4, 0.5) is 4.39 Å². The van der Waals surface area contributed by atoms with Crippen LogP contribution in [0.5, 0.6) is 11.5 Å². The molecular weight excluding hydrogens is 287 g/mol. The first-order chi connectivity index (χ1) is 9.16. The average Bonchev–Trinajstić information content (AvgIpc) is 2.36. The number of halogens is 1. The molecule has 0 atom stereocenters. The van der Waals surface area contributed by atoms with Gasteiger partial charge in [-0.2, -0.15) is 0 Å². The lowest BCUT2D eigenvalue weighted by Crippen LogP contribution is -2.48. The Kier molecular flexibility index (Phi) is 4.95. The van der Waals surface area contributed by atoms with Gasteiger partial charge in [-0.15, -0.1) is 0 Å². The predicted molar refractivity (Wildman–Crippen MR) is 73.0 cm³/mol. The van der Waals surface area contributed by atoms with Crippen LogP contribution in [-0.4, -0.2) is 34.7 Å². The molecule has 1 rings (SSSR count). The zero-order chi connectivity index (χ0) is 15.6. The molecule has 0 saturated carbocycles. The number of hydrogen-bond donors (Lipinski definition) is 2. The summed E-state index contributed by atoms with van der Waals surface area (Å²) in [4.78, 5) is -0.517. The van der Waals surface area contributed by atoms with Gasteiger partial charge in [0.05, 0.1) is 14.2 Å². The van der Waals surface area contributed by atoms with Crippen molar-refractivity contribution in [1.29, 1.82) is 0 Å². The second-order valence-electron chi connectivity index (χ2n) is 4.83. The van der Waals surface area contributed by atoms with E-state index in [2.05, 4.69) is 4.72 Å². The molecule has 0 aliphatic heterocycles. The highest BCUT2D eigenvalue weighted by Crippen LogP contribution is 2.32. The van der Waals surface area contributed by atoms with Crippen molar-refractivity contribution in [3.8, 4) is 11.5 Å². The lowest BCUT2D eigenvalue weighted by Gasteiger charge is -2.24. The normalized spacial score (nSPS) is 12.3. The maximum absolute atomic E-state index is 13.9. The first kappa shape index (κ1) is 16.7. The summed E-state index contributed by atoms with van der Waals surface area (Å²) < 4.78 is 50.5. The Hall–Kier alpha value is -1.38. The minimum Gasteiger partial charge on any atom is -0.493 e. The van der Waals surface area contributed by atoms with Gasteiger partial charge in [0.1, 0.15) is 10.7 Å². The lowest BCUT2D eigenvalue weighted by atomic mass is 10.1. The highest BCUT2D eigenvalue weighted by Gasteiger charge is 2.28. The van der Waals surface area contributed by atoms with E-state index in [1.807, 2.05) is 0 Å². The summed E-state index contributed by atoms with van der Waals surface area (Å²) in [5.41, 5.74) is 4.58. The van der Waals surface area contributed by atoms with Crippen molar-refractivity contribution >= 4 is 10.0 Å². The van der Waals surface area contributed by atoms with Crippen LogP contribution in [0.3, 0.4) is 0 Å². The molecule has 0 heterocycles. The van der Waals surface area contributed by atoms with E-state index in [4.69, 9.17) is 15.2 Å². The quantitative estimate of drug-likeness (QED) is 0.813. The Morgan fingerprint density at radius 1 is 1.25 bits per heavy atom. The Morgan fingerprint density at radius 2 is 1.75 bits per heavy atom. The SMILES string of the molecule is COc1cc(F)c(S(=O)(=O)NC(C)(C)CN)cc1OC. The van der Waals surface area contributed by atoms with Crippen molar-refractivity contribution in [1.82, 2.24) is 4.72 Å². The maximum Gasteiger partial charge on any atom is 0.244 e. The zero-order valence-electron chi connectivity index (χ0n) is 11.9. The number of rotatable bonds is 6. The van der Waals surface area contributed by atoms with Gasteiger partial charge in [-0.3, -0.25) is 0 Å². The Bertz CT molecular complexity index is 587. The number of benzene rings is 1. The fourth-order valence-corrected chi connectivity index (χ4v) is 3.00. The Morgan fingerprint density at radius 3 is 2.20 bits per heavy atom. The van der Waals surface area contributed by atoms with Gasteiger partial charge in [-0.1, -0.05) is 0 Å². The molecule has 3 N–H and O–H groups in total. The van der Waals surface area contributed by atoms with E-state index < -0.39 is 26.3 Å². The first-order valence-corrected chi connectivity index (χ1v) is 7.30. The van der Waals surface area contributed by atoms with Gasteiger partial charge < -0.3 is 15.2 Å². The fraction of sp³-hybridized carbons (Fsp3) is 0.500. The molecule has 0 amide bonds.